The average molecular weight is 783 g/mol. The average Bonchev–Trinajstić information content (AvgIpc) is 3.13. The number of rotatable bonds is 20. The molecule has 0 aliphatic carbocycles. The topological polar surface area (TPSA) is 223 Å². The van der Waals surface area contributed by atoms with Crippen molar-refractivity contribution >= 4 is 35.6 Å². The molecule has 14 nitrogen and oxygen atoms in total. The SMILES string of the molecule is CC(=O)OCC(C#N)(CC(C)C)C(=O)CCCc1ccccc1.CCNC(=O)C(C#N)(COC(C)=O)CC(C)C.COC(=O)C(C#N)(COC(C)=O)CC(C)C. The van der Waals surface area contributed by atoms with E-state index in [1.54, 1.807) is 6.92 Å². The van der Waals surface area contributed by atoms with Gasteiger partial charge in [0.15, 0.2) is 16.6 Å². The number of benzene rings is 1. The summed E-state index contributed by atoms with van der Waals surface area (Å²) in [6.07, 6.45) is 2.86. The van der Waals surface area contributed by atoms with Crippen molar-refractivity contribution in [2.45, 2.75) is 108 Å². The molecule has 0 heterocycles. The number of ether oxygens (including phenoxy) is 4. The number of Topliss-reactive ketones (excluding diaryl/α,β-unsaturated/α-hetero) is 1. The van der Waals surface area contributed by atoms with E-state index >= 15 is 0 Å². The van der Waals surface area contributed by atoms with Gasteiger partial charge in [-0.2, -0.15) is 15.8 Å². The molecule has 3 atom stereocenters. The highest BCUT2D eigenvalue weighted by molar-refractivity contribution is 5.88. The summed E-state index contributed by atoms with van der Waals surface area (Å²) in [7, 11) is 1.21. The number of esters is 4. The van der Waals surface area contributed by atoms with Crippen LogP contribution in [-0.4, -0.2) is 69.0 Å². The first-order valence-corrected chi connectivity index (χ1v) is 18.7. The van der Waals surface area contributed by atoms with Crippen LogP contribution in [0.25, 0.3) is 0 Å². The quantitative estimate of drug-likeness (QED) is 0.115. The van der Waals surface area contributed by atoms with E-state index in [-0.39, 0.29) is 49.3 Å². The number of nitrogens with one attached hydrogen (secondary N) is 1. The van der Waals surface area contributed by atoms with Crippen LogP contribution in [0.15, 0.2) is 30.3 Å². The van der Waals surface area contributed by atoms with Crippen LogP contribution in [0, 0.1) is 68.0 Å². The summed E-state index contributed by atoms with van der Waals surface area (Å²) in [5.41, 5.74) is -2.73. The van der Waals surface area contributed by atoms with E-state index in [0.29, 0.717) is 38.6 Å². The van der Waals surface area contributed by atoms with E-state index in [1.165, 1.54) is 33.4 Å². The van der Waals surface area contributed by atoms with Gasteiger partial charge in [-0.15, -0.1) is 0 Å². The fourth-order valence-electron chi connectivity index (χ4n) is 5.69. The Balaban J connectivity index is 0. The molecule has 14 heteroatoms. The van der Waals surface area contributed by atoms with Gasteiger partial charge in [-0.3, -0.25) is 28.8 Å². The molecule has 310 valence electrons. The van der Waals surface area contributed by atoms with Gasteiger partial charge in [0.2, 0.25) is 5.91 Å². The van der Waals surface area contributed by atoms with Gasteiger partial charge >= 0.3 is 23.9 Å². The Morgan fingerprint density at radius 2 is 1.05 bits per heavy atom. The van der Waals surface area contributed by atoms with Crippen molar-refractivity contribution in [2.75, 3.05) is 33.5 Å². The summed E-state index contributed by atoms with van der Waals surface area (Å²) in [4.78, 5) is 68.7. The standard InChI is InChI=1S/C19H25NO3.C12H20N2O3.C11H17NO4/c1-15(2)12-19(13-20,14-23-16(3)21)18(22)11-7-10-17-8-5-4-6-9-17;1-5-14-11(16)12(7-13,6-9(2)3)8-17-10(4)15;1-8(2)5-11(6-12,10(14)15-4)7-16-9(3)13/h4-6,8-9,15H,7,10-12,14H2,1-3H3;9H,5-6,8H2,1-4H3,(H,14,16);8H,5,7H2,1-4H3. The minimum absolute atomic E-state index is 0.120. The normalized spacial score (nSPS) is 13.5. The van der Waals surface area contributed by atoms with Gasteiger partial charge in [-0.25, -0.2) is 0 Å². The maximum absolute atomic E-state index is 12.6. The highest BCUT2D eigenvalue weighted by Crippen LogP contribution is 2.31. The van der Waals surface area contributed by atoms with E-state index in [9.17, 15) is 39.3 Å². The Morgan fingerprint density at radius 1 is 0.661 bits per heavy atom. The van der Waals surface area contributed by atoms with E-state index < -0.39 is 40.1 Å². The van der Waals surface area contributed by atoms with Crippen molar-refractivity contribution in [3.8, 4) is 18.2 Å². The number of ketones is 1. The molecule has 1 aromatic rings. The predicted octanol–water partition coefficient (Wildman–Crippen LogP) is 6.22. The summed E-state index contributed by atoms with van der Waals surface area (Å²) >= 11 is 0. The molecule has 1 rings (SSSR count). The Morgan fingerprint density at radius 3 is 1.43 bits per heavy atom. The molecule has 0 saturated heterocycles. The van der Waals surface area contributed by atoms with E-state index in [2.05, 4.69) is 16.1 Å². The number of carbonyl (C=O) groups is 6. The first kappa shape index (κ1) is 52.8. The number of aryl methyl sites for hydroxylation is 1. The molecular formula is C42H62N4O10. The second-order valence-electron chi connectivity index (χ2n) is 14.8. The second kappa shape index (κ2) is 27.3. The molecule has 0 saturated carbocycles. The number of hydrogen-bond acceptors (Lipinski definition) is 13. The van der Waals surface area contributed by atoms with Gasteiger partial charge in [0.25, 0.3) is 0 Å². The molecule has 0 fully saturated rings. The second-order valence-corrected chi connectivity index (χ2v) is 14.8. The molecule has 0 bridgehead atoms. The summed E-state index contributed by atoms with van der Waals surface area (Å²) in [6.45, 7) is 16.9. The maximum atomic E-state index is 12.6. The lowest BCUT2D eigenvalue weighted by molar-refractivity contribution is -0.158. The van der Waals surface area contributed by atoms with Gasteiger partial charge in [0.1, 0.15) is 25.2 Å². The largest absolute Gasteiger partial charge is 0.468 e. The molecule has 1 amide bonds. The van der Waals surface area contributed by atoms with E-state index in [1.807, 2.05) is 84.0 Å². The first-order valence-electron chi connectivity index (χ1n) is 18.7. The van der Waals surface area contributed by atoms with Gasteiger partial charge in [-0.1, -0.05) is 71.9 Å². The van der Waals surface area contributed by atoms with Crippen LogP contribution in [0.5, 0.6) is 0 Å². The monoisotopic (exact) mass is 782 g/mol. The smallest absolute Gasteiger partial charge is 0.329 e. The molecule has 1 N–H and O–H groups in total. The van der Waals surface area contributed by atoms with Crippen LogP contribution in [0.1, 0.15) is 107 Å². The Kier molecular flexibility index (Phi) is 25.8. The highest BCUT2D eigenvalue weighted by Gasteiger charge is 2.43. The molecular weight excluding hydrogens is 720 g/mol. The molecule has 0 aromatic heterocycles. The van der Waals surface area contributed by atoms with Crippen LogP contribution < -0.4 is 5.32 Å². The molecule has 0 aliphatic rings. The molecule has 56 heavy (non-hydrogen) atoms. The molecule has 1 aromatic carbocycles. The van der Waals surface area contributed by atoms with Crippen molar-refractivity contribution < 1.29 is 47.7 Å². The zero-order valence-corrected chi connectivity index (χ0v) is 35.1. The van der Waals surface area contributed by atoms with E-state index in [0.717, 1.165) is 6.42 Å². The lowest BCUT2D eigenvalue weighted by atomic mass is 9.76. The lowest BCUT2D eigenvalue weighted by Gasteiger charge is -2.26. The first-order chi connectivity index (χ1) is 26.1. The van der Waals surface area contributed by atoms with Crippen LogP contribution in [-0.2, 0) is 54.1 Å². The lowest BCUT2D eigenvalue weighted by Crippen LogP contribution is -2.44. The van der Waals surface area contributed by atoms with Gasteiger partial charge in [-0.05, 0) is 62.3 Å². The third-order valence-electron chi connectivity index (χ3n) is 8.07. The maximum Gasteiger partial charge on any atom is 0.329 e. The Hall–Kier alpha value is -5.29. The van der Waals surface area contributed by atoms with Crippen LogP contribution >= 0.6 is 0 Å². The highest BCUT2D eigenvalue weighted by atomic mass is 16.5. The van der Waals surface area contributed by atoms with Crippen LogP contribution in [0.2, 0.25) is 0 Å². The molecule has 3 unspecified atom stereocenters. The van der Waals surface area contributed by atoms with Crippen LogP contribution in [0.4, 0.5) is 0 Å². The van der Waals surface area contributed by atoms with Gasteiger partial charge < -0.3 is 24.3 Å². The minimum Gasteiger partial charge on any atom is -0.468 e. The fraction of sp³-hybridized carbons (Fsp3) is 0.643. The Labute approximate surface area is 333 Å². The number of amides is 1. The molecule has 0 spiro atoms. The summed E-state index contributed by atoms with van der Waals surface area (Å²) in [6, 6.07) is 16.0. The van der Waals surface area contributed by atoms with Crippen LogP contribution in [0.3, 0.4) is 0 Å². The molecule has 0 aliphatic heterocycles. The van der Waals surface area contributed by atoms with Crippen molar-refractivity contribution in [2.24, 2.45) is 34.0 Å². The number of nitrogens with zero attached hydrogens (tertiary/aromatic N) is 3. The number of methoxy groups -OCH3 is 1. The minimum atomic E-state index is -1.39. The summed E-state index contributed by atoms with van der Waals surface area (Å²) in [5.74, 6) is -2.20. The zero-order chi connectivity index (χ0) is 43.5. The van der Waals surface area contributed by atoms with Gasteiger partial charge in [0.05, 0.1) is 25.3 Å². The summed E-state index contributed by atoms with van der Waals surface area (Å²) < 4.78 is 19.2. The number of carbonyl (C=O) groups excluding carboxylic acids is 6. The Bertz CT molecular complexity index is 1540. The number of nitriles is 3. The molecule has 0 radical (unpaired) electrons. The van der Waals surface area contributed by atoms with Crippen molar-refractivity contribution in [1.82, 2.24) is 5.32 Å². The van der Waals surface area contributed by atoms with E-state index in [4.69, 9.17) is 19.5 Å². The fourth-order valence-corrected chi connectivity index (χ4v) is 5.69. The van der Waals surface area contributed by atoms with Gasteiger partial charge in [0, 0.05) is 33.7 Å². The zero-order valence-electron chi connectivity index (χ0n) is 35.1. The van der Waals surface area contributed by atoms with Crippen molar-refractivity contribution in [3.63, 3.8) is 0 Å². The third-order valence-corrected chi connectivity index (χ3v) is 8.07. The third kappa shape index (κ3) is 20.4. The van der Waals surface area contributed by atoms with Crippen molar-refractivity contribution in [1.29, 1.82) is 15.8 Å². The van der Waals surface area contributed by atoms with Crippen molar-refractivity contribution in [3.05, 3.63) is 35.9 Å². The number of hydrogen-bond donors (Lipinski definition) is 1. The summed E-state index contributed by atoms with van der Waals surface area (Å²) in [5, 5.41) is 30.5. The predicted molar refractivity (Wildman–Crippen MR) is 207 cm³/mol.